The lowest BCUT2D eigenvalue weighted by atomic mass is 10.1. The topological polar surface area (TPSA) is 116 Å². The van der Waals surface area contributed by atoms with Crippen LogP contribution in [-0.2, 0) is 14.4 Å². The zero-order chi connectivity index (χ0) is 14.3. The van der Waals surface area contributed by atoms with Crippen LogP contribution in [-0.4, -0.2) is 47.2 Å². The van der Waals surface area contributed by atoms with Gasteiger partial charge in [-0.15, -0.1) is 0 Å². The molecule has 108 valence electrons. The van der Waals surface area contributed by atoms with Gasteiger partial charge in [0, 0.05) is 18.9 Å². The molecule has 19 heavy (non-hydrogen) atoms. The smallest absolute Gasteiger partial charge is 0.334 e. The summed E-state index contributed by atoms with van der Waals surface area (Å²) in [5, 5.41) is 22.3. The van der Waals surface area contributed by atoms with E-state index in [1.165, 1.54) is 0 Å². The van der Waals surface area contributed by atoms with Gasteiger partial charge in [-0.2, -0.15) is 0 Å². The Bertz CT molecular complexity index is 339. The zero-order valence-electron chi connectivity index (χ0n) is 10.7. The van der Waals surface area contributed by atoms with Gasteiger partial charge in [-0.25, -0.2) is 4.79 Å². The summed E-state index contributed by atoms with van der Waals surface area (Å²) in [6.45, 7) is -0.102. The summed E-state index contributed by atoms with van der Waals surface area (Å²) in [4.78, 5) is 33.2. The molecule has 0 saturated heterocycles. The van der Waals surface area contributed by atoms with E-state index in [1.54, 1.807) is 0 Å². The average molecular weight is 272 g/mol. The fourth-order valence-corrected chi connectivity index (χ4v) is 2.02. The van der Waals surface area contributed by atoms with E-state index in [9.17, 15) is 14.4 Å². The first-order valence-corrected chi connectivity index (χ1v) is 6.46. The average Bonchev–Trinajstić information content (AvgIpc) is 2.89. The van der Waals surface area contributed by atoms with Gasteiger partial charge >= 0.3 is 5.97 Å². The van der Waals surface area contributed by atoms with E-state index in [2.05, 4.69) is 10.6 Å². The van der Waals surface area contributed by atoms with Crippen molar-refractivity contribution in [2.75, 3.05) is 13.1 Å². The number of carbonyl (C=O) groups excluding carboxylic acids is 2. The molecule has 0 aromatic carbocycles. The Morgan fingerprint density at radius 2 is 1.79 bits per heavy atom. The van der Waals surface area contributed by atoms with Crippen LogP contribution in [0.25, 0.3) is 0 Å². The Hall–Kier alpha value is -1.63. The van der Waals surface area contributed by atoms with Gasteiger partial charge in [0.25, 0.3) is 0 Å². The molecule has 0 radical (unpaired) electrons. The van der Waals surface area contributed by atoms with E-state index in [1.807, 2.05) is 0 Å². The highest BCUT2D eigenvalue weighted by Crippen LogP contribution is 2.24. The van der Waals surface area contributed by atoms with Crippen molar-refractivity contribution < 1.29 is 24.6 Å². The number of hydrogen-bond donors (Lipinski definition) is 4. The number of carboxylic acid groups (broad SMARTS) is 1. The first-order valence-electron chi connectivity index (χ1n) is 6.46. The quantitative estimate of drug-likeness (QED) is 0.486. The van der Waals surface area contributed by atoms with E-state index < -0.39 is 18.0 Å². The number of aliphatic carboxylic acids is 1. The first kappa shape index (κ1) is 15.4. The molecule has 1 aliphatic carbocycles. The molecule has 1 unspecified atom stereocenters. The summed E-state index contributed by atoms with van der Waals surface area (Å²) in [6, 6.07) is 0. The van der Waals surface area contributed by atoms with Crippen LogP contribution in [0.1, 0.15) is 32.1 Å². The molecule has 0 aromatic heterocycles. The first-order chi connectivity index (χ1) is 9.00. The molecule has 0 bridgehead atoms. The fourth-order valence-electron chi connectivity index (χ4n) is 2.02. The van der Waals surface area contributed by atoms with Crippen LogP contribution >= 0.6 is 0 Å². The molecule has 0 aliphatic heterocycles. The fraction of sp³-hybridized carbons (Fsp3) is 0.750. The van der Waals surface area contributed by atoms with E-state index in [0.717, 1.165) is 25.7 Å². The summed E-state index contributed by atoms with van der Waals surface area (Å²) in [5.74, 6) is -1.73. The number of carboxylic acids is 1. The van der Waals surface area contributed by atoms with Gasteiger partial charge in [0.05, 0.1) is 6.54 Å². The third kappa shape index (κ3) is 5.69. The molecule has 1 rings (SSSR count). The van der Waals surface area contributed by atoms with Gasteiger partial charge in [0.15, 0.2) is 6.10 Å². The molecular formula is C12H20N2O5. The Balaban J connectivity index is 2.09. The molecule has 7 heteroatoms. The van der Waals surface area contributed by atoms with Gasteiger partial charge in [0.1, 0.15) is 0 Å². The predicted octanol–water partition coefficient (Wildman–Crippen LogP) is -0.755. The van der Waals surface area contributed by atoms with Gasteiger partial charge < -0.3 is 20.8 Å². The van der Waals surface area contributed by atoms with Crippen molar-refractivity contribution in [3.8, 4) is 0 Å². The standard InChI is InChI=1S/C12H20N2O5/c15-9(12(18)19)7-14-10(16)5-6-13-11(17)8-3-1-2-4-8/h8-9,15H,1-7H2,(H,13,17)(H,14,16)(H,18,19). The normalized spacial score (nSPS) is 16.9. The van der Waals surface area contributed by atoms with E-state index in [-0.39, 0.29) is 31.3 Å². The lowest BCUT2D eigenvalue weighted by molar-refractivity contribution is -0.146. The number of aliphatic hydroxyl groups excluding tert-OH is 1. The number of amides is 2. The van der Waals surface area contributed by atoms with Crippen molar-refractivity contribution in [2.24, 2.45) is 5.92 Å². The van der Waals surface area contributed by atoms with Crippen LogP contribution < -0.4 is 10.6 Å². The SMILES string of the molecule is O=C(CCNC(=O)C1CCCC1)NCC(O)C(=O)O. The number of carbonyl (C=O) groups is 3. The maximum atomic E-state index is 11.6. The highest BCUT2D eigenvalue weighted by molar-refractivity contribution is 5.81. The minimum absolute atomic E-state index is 0.0177. The Kier molecular flexibility index (Phi) is 6.27. The highest BCUT2D eigenvalue weighted by atomic mass is 16.4. The van der Waals surface area contributed by atoms with Crippen LogP contribution in [0.3, 0.4) is 0 Å². The highest BCUT2D eigenvalue weighted by Gasteiger charge is 2.22. The lowest BCUT2D eigenvalue weighted by Gasteiger charge is -2.11. The van der Waals surface area contributed by atoms with Crippen molar-refractivity contribution in [1.29, 1.82) is 0 Å². The molecule has 0 spiro atoms. The monoisotopic (exact) mass is 272 g/mol. The van der Waals surface area contributed by atoms with Crippen LogP contribution in [0.2, 0.25) is 0 Å². The third-order valence-electron chi connectivity index (χ3n) is 3.15. The van der Waals surface area contributed by atoms with E-state index in [0.29, 0.717) is 0 Å². The second-order valence-corrected chi connectivity index (χ2v) is 4.68. The molecule has 0 heterocycles. The molecule has 1 fully saturated rings. The zero-order valence-corrected chi connectivity index (χ0v) is 10.7. The Morgan fingerprint density at radius 1 is 1.16 bits per heavy atom. The Labute approximate surface area is 111 Å². The maximum absolute atomic E-state index is 11.6. The summed E-state index contributed by atoms with van der Waals surface area (Å²) < 4.78 is 0. The predicted molar refractivity (Wildman–Crippen MR) is 66.2 cm³/mol. The van der Waals surface area contributed by atoms with Gasteiger partial charge in [-0.1, -0.05) is 12.8 Å². The largest absolute Gasteiger partial charge is 0.479 e. The molecule has 7 nitrogen and oxygen atoms in total. The molecule has 1 aliphatic rings. The summed E-state index contributed by atoms with van der Waals surface area (Å²) in [5.41, 5.74) is 0. The second-order valence-electron chi connectivity index (χ2n) is 4.68. The number of nitrogens with one attached hydrogen (secondary N) is 2. The van der Waals surface area contributed by atoms with E-state index in [4.69, 9.17) is 10.2 Å². The van der Waals surface area contributed by atoms with E-state index >= 15 is 0 Å². The maximum Gasteiger partial charge on any atom is 0.334 e. The third-order valence-corrected chi connectivity index (χ3v) is 3.15. The Morgan fingerprint density at radius 3 is 2.37 bits per heavy atom. The molecule has 1 saturated carbocycles. The number of hydrogen-bond acceptors (Lipinski definition) is 4. The number of aliphatic hydroxyl groups is 1. The second kappa shape index (κ2) is 7.73. The van der Waals surface area contributed by atoms with Crippen molar-refractivity contribution in [2.45, 2.75) is 38.2 Å². The van der Waals surface area contributed by atoms with Crippen molar-refractivity contribution in [1.82, 2.24) is 10.6 Å². The molecular weight excluding hydrogens is 252 g/mol. The van der Waals surface area contributed by atoms with Gasteiger partial charge in [0.2, 0.25) is 11.8 Å². The van der Waals surface area contributed by atoms with Crippen LogP contribution in [0.4, 0.5) is 0 Å². The molecule has 0 aromatic rings. The van der Waals surface area contributed by atoms with Crippen LogP contribution in [0, 0.1) is 5.92 Å². The minimum Gasteiger partial charge on any atom is -0.479 e. The molecule has 1 atom stereocenters. The van der Waals surface area contributed by atoms with Crippen LogP contribution in [0.5, 0.6) is 0 Å². The lowest BCUT2D eigenvalue weighted by Crippen LogP contribution is -2.38. The van der Waals surface area contributed by atoms with Gasteiger partial charge in [-0.05, 0) is 12.8 Å². The number of rotatable bonds is 7. The summed E-state index contributed by atoms with van der Waals surface area (Å²) >= 11 is 0. The summed E-state index contributed by atoms with van der Waals surface area (Å²) in [6.07, 6.45) is 2.44. The minimum atomic E-state index is -1.60. The van der Waals surface area contributed by atoms with Crippen molar-refractivity contribution >= 4 is 17.8 Å². The molecule has 4 N–H and O–H groups in total. The summed E-state index contributed by atoms with van der Waals surface area (Å²) in [7, 11) is 0. The van der Waals surface area contributed by atoms with Crippen LogP contribution in [0.15, 0.2) is 0 Å². The van der Waals surface area contributed by atoms with Gasteiger partial charge in [-0.3, -0.25) is 9.59 Å². The van der Waals surface area contributed by atoms with Crippen molar-refractivity contribution in [3.63, 3.8) is 0 Å². The van der Waals surface area contributed by atoms with Crippen molar-refractivity contribution in [3.05, 3.63) is 0 Å². The molecule has 2 amide bonds.